The average molecular weight is 223 g/mol. The Morgan fingerprint density at radius 2 is 2.50 bits per heavy atom. The molecule has 2 N–H and O–H groups in total. The molecule has 1 saturated heterocycles. The number of pyridine rings is 1. The van der Waals surface area contributed by atoms with Crippen LogP contribution in [0.2, 0.25) is 0 Å². The van der Waals surface area contributed by atoms with E-state index in [1.807, 2.05) is 0 Å². The molecule has 1 aliphatic heterocycles. The zero-order chi connectivity index (χ0) is 11.5. The van der Waals surface area contributed by atoms with E-state index in [9.17, 15) is 9.18 Å². The molecule has 2 atom stereocenters. The van der Waals surface area contributed by atoms with Gasteiger partial charge in [0.2, 0.25) is 11.9 Å². The minimum Gasteiger partial charge on any atom is -0.325 e. The lowest BCUT2D eigenvalue weighted by molar-refractivity contribution is -0.117. The summed E-state index contributed by atoms with van der Waals surface area (Å²) in [4.78, 5) is 15.2. The largest absolute Gasteiger partial charge is 0.325 e. The number of halogens is 1. The van der Waals surface area contributed by atoms with Crippen molar-refractivity contribution in [2.75, 3.05) is 11.9 Å². The molecule has 1 aliphatic rings. The van der Waals surface area contributed by atoms with Crippen molar-refractivity contribution in [3.05, 3.63) is 24.3 Å². The summed E-state index contributed by atoms with van der Waals surface area (Å²) in [6, 6.07) is 2.60. The number of carbonyl (C=O) groups excluding carboxylic acids is 1. The van der Waals surface area contributed by atoms with Gasteiger partial charge in [0.15, 0.2) is 0 Å². The van der Waals surface area contributed by atoms with Crippen molar-refractivity contribution < 1.29 is 9.18 Å². The first-order valence-corrected chi connectivity index (χ1v) is 5.31. The second kappa shape index (κ2) is 4.57. The van der Waals surface area contributed by atoms with Crippen molar-refractivity contribution in [3.8, 4) is 0 Å². The molecule has 5 heteroatoms. The normalized spacial score (nSPS) is 24.4. The molecule has 0 aromatic carbocycles. The van der Waals surface area contributed by atoms with Crippen LogP contribution in [0, 0.1) is 11.9 Å². The van der Waals surface area contributed by atoms with Crippen LogP contribution >= 0.6 is 0 Å². The van der Waals surface area contributed by atoms with E-state index in [1.165, 1.54) is 12.3 Å². The number of carbonyl (C=O) groups is 1. The van der Waals surface area contributed by atoms with Gasteiger partial charge < -0.3 is 10.6 Å². The van der Waals surface area contributed by atoms with Gasteiger partial charge in [-0.1, -0.05) is 6.92 Å². The van der Waals surface area contributed by atoms with E-state index in [1.54, 1.807) is 6.07 Å². The summed E-state index contributed by atoms with van der Waals surface area (Å²) in [7, 11) is 0. The molecule has 1 fully saturated rings. The maximum atomic E-state index is 12.8. The first kappa shape index (κ1) is 11.0. The van der Waals surface area contributed by atoms with Crippen molar-refractivity contribution in [2.45, 2.75) is 19.4 Å². The van der Waals surface area contributed by atoms with Gasteiger partial charge in [-0.25, -0.2) is 4.98 Å². The van der Waals surface area contributed by atoms with Crippen molar-refractivity contribution in [2.24, 2.45) is 5.92 Å². The van der Waals surface area contributed by atoms with Crippen molar-refractivity contribution in [3.63, 3.8) is 0 Å². The van der Waals surface area contributed by atoms with Gasteiger partial charge >= 0.3 is 0 Å². The quantitative estimate of drug-likeness (QED) is 0.740. The maximum absolute atomic E-state index is 12.8. The highest BCUT2D eigenvalue weighted by Crippen LogP contribution is 2.15. The Hall–Kier alpha value is -1.49. The van der Waals surface area contributed by atoms with E-state index in [0.29, 0.717) is 11.6 Å². The molecule has 0 aliphatic carbocycles. The number of amides is 1. The monoisotopic (exact) mass is 223 g/mol. The van der Waals surface area contributed by atoms with Crippen LogP contribution in [0.4, 0.5) is 10.1 Å². The summed E-state index contributed by atoms with van der Waals surface area (Å²) >= 11 is 0. The van der Waals surface area contributed by atoms with Crippen LogP contribution < -0.4 is 10.6 Å². The average Bonchev–Trinajstić information content (AvgIpc) is 2.65. The number of nitrogens with one attached hydrogen (secondary N) is 2. The van der Waals surface area contributed by atoms with Crippen LogP contribution in [0.15, 0.2) is 18.3 Å². The van der Waals surface area contributed by atoms with Gasteiger partial charge in [0, 0.05) is 18.0 Å². The summed E-state index contributed by atoms with van der Waals surface area (Å²) in [6.45, 7) is 2.94. The Balaban J connectivity index is 1.97. The first-order valence-electron chi connectivity index (χ1n) is 5.31. The molecule has 2 rings (SSSR count). The summed E-state index contributed by atoms with van der Waals surface area (Å²) in [5, 5.41) is 5.78. The zero-order valence-electron chi connectivity index (χ0n) is 9.03. The van der Waals surface area contributed by atoms with Gasteiger partial charge in [-0.05, 0) is 24.9 Å². The highest BCUT2D eigenvalue weighted by Gasteiger charge is 2.26. The Labute approximate surface area is 93.3 Å². The molecule has 2 heterocycles. The SMILES string of the molecule is CC1CN[C@H](C(=O)Nc2ccnc(F)c2)C1. The number of anilines is 1. The number of aromatic nitrogens is 1. The molecule has 0 spiro atoms. The number of rotatable bonds is 2. The van der Waals surface area contributed by atoms with E-state index < -0.39 is 5.95 Å². The van der Waals surface area contributed by atoms with Crippen LogP contribution in [0.3, 0.4) is 0 Å². The predicted molar refractivity (Wildman–Crippen MR) is 58.4 cm³/mol. The number of hydrogen-bond acceptors (Lipinski definition) is 3. The van der Waals surface area contributed by atoms with Gasteiger partial charge in [-0.15, -0.1) is 0 Å². The lowest BCUT2D eigenvalue weighted by Crippen LogP contribution is -2.35. The second-order valence-electron chi connectivity index (χ2n) is 4.16. The third-order valence-electron chi connectivity index (χ3n) is 2.66. The molecule has 4 nitrogen and oxygen atoms in total. The Kier molecular flexibility index (Phi) is 3.14. The smallest absolute Gasteiger partial charge is 0.241 e. The fourth-order valence-electron chi connectivity index (χ4n) is 1.82. The van der Waals surface area contributed by atoms with E-state index in [-0.39, 0.29) is 11.9 Å². The molecule has 1 aromatic heterocycles. The zero-order valence-corrected chi connectivity index (χ0v) is 9.03. The van der Waals surface area contributed by atoms with E-state index in [0.717, 1.165) is 13.0 Å². The summed E-state index contributed by atoms with van der Waals surface area (Å²) in [5.41, 5.74) is 0.443. The van der Waals surface area contributed by atoms with Crippen LogP contribution in [-0.2, 0) is 4.79 Å². The van der Waals surface area contributed by atoms with Gasteiger partial charge in [-0.2, -0.15) is 4.39 Å². The van der Waals surface area contributed by atoms with Crippen LogP contribution in [0.5, 0.6) is 0 Å². The minimum atomic E-state index is -0.592. The maximum Gasteiger partial charge on any atom is 0.241 e. The van der Waals surface area contributed by atoms with Crippen LogP contribution in [0.1, 0.15) is 13.3 Å². The fourth-order valence-corrected chi connectivity index (χ4v) is 1.82. The Bertz CT molecular complexity index is 397. The Morgan fingerprint density at radius 1 is 1.69 bits per heavy atom. The third-order valence-corrected chi connectivity index (χ3v) is 2.66. The molecule has 16 heavy (non-hydrogen) atoms. The third kappa shape index (κ3) is 2.55. The van der Waals surface area contributed by atoms with Gasteiger partial charge in [0.1, 0.15) is 0 Å². The van der Waals surface area contributed by atoms with Crippen molar-refractivity contribution in [1.29, 1.82) is 0 Å². The molecule has 1 unspecified atom stereocenters. The molecule has 0 saturated carbocycles. The molecular formula is C11H14FN3O. The first-order chi connectivity index (χ1) is 7.65. The van der Waals surface area contributed by atoms with Crippen LogP contribution in [-0.4, -0.2) is 23.5 Å². The van der Waals surface area contributed by atoms with Crippen LogP contribution in [0.25, 0.3) is 0 Å². The Morgan fingerprint density at radius 3 is 3.12 bits per heavy atom. The lowest BCUT2D eigenvalue weighted by Gasteiger charge is -2.10. The minimum absolute atomic E-state index is 0.116. The van der Waals surface area contributed by atoms with Crippen molar-refractivity contribution in [1.82, 2.24) is 10.3 Å². The lowest BCUT2D eigenvalue weighted by atomic mass is 10.1. The van der Waals surface area contributed by atoms with E-state index in [4.69, 9.17) is 0 Å². The topological polar surface area (TPSA) is 54.0 Å². The van der Waals surface area contributed by atoms with Gasteiger partial charge in [-0.3, -0.25) is 4.79 Å². The highest BCUT2D eigenvalue weighted by atomic mass is 19.1. The molecule has 0 bridgehead atoms. The second-order valence-corrected chi connectivity index (χ2v) is 4.16. The van der Waals surface area contributed by atoms with Crippen molar-refractivity contribution >= 4 is 11.6 Å². The van der Waals surface area contributed by atoms with E-state index in [2.05, 4.69) is 22.5 Å². The summed E-state index contributed by atoms with van der Waals surface area (Å²) < 4.78 is 12.8. The number of nitrogens with zero attached hydrogens (tertiary/aromatic N) is 1. The van der Waals surface area contributed by atoms with E-state index >= 15 is 0 Å². The summed E-state index contributed by atoms with van der Waals surface area (Å²) in [6.07, 6.45) is 2.15. The summed E-state index contributed by atoms with van der Waals surface area (Å²) in [5.74, 6) is -0.203. The number of hydrogen-bond donors (Lipinski definition) is 2. The molecular weight excluding hydrogens is 209 g/mol. The molecule has 86 valence electrons. The highest BCUT2D eigenvalue weighted by molar-refractivity contribution is 5.94. The van der Waals surface area contributed by atoms with Gasteiger partial charge in [0.05, 0.1) is 6.04 Å². The fraction of sp³-hybridized carbons (Fsp3) is 0.455. The predicted octanol–water partition coefficient (Wildman–Crippen LogP) is 1.16. The molecule has 0 radical (unpaired) electrons. The van der Waals surface area contributed by atoms with Gasteiger partial charge in [0.25, 0.3) is 0 Å². The molecule has 1 amide bonds. The molecule has 1 aromatic rings. The standard InChI is InChI=1S/C11H14FN3O/c1-7-4-9(14-6-7)11(16)15-8-2-3-13-10(12)5-8/h2-3,5,7,9,14H,4,6H2,1H3,(H,13,15,16)/t7?,9-/m0/s1.